The average Bonchev–Trinajstić information content (AvgIpc) is 3.95. The van der Waals surface area contributed by atoms with Crippen molar-refractivity contribution in [1.82, 2.24) is 24.1 Å². The fraction of sp³-hybridized carbons (Fsp3) is 0. The topological polar surface area (TPSA) is 61.7 Å². The molecule has 4 heterocycles. The largest absolute Gasteiger partial charge is 0.454 e. The molecule has 0 aliphatic heterocycles. The Morgan fingerprint density at radius 2 is 1.05 bits per heavy atom. The Bertz CT molecular complexity index is 3690. The Labute approximate surface area is 332 Å². The maximum Gasteiger partial charge on any atom is 0.164 e. The summed E-state index contributed by atoms with van der Waals surface area (Å²) >= 11 is 0. The molecule has 0 bridgehead atoms. The number of furan rings is 1. The van der Waals surface area contributed by atoms with Gasteiger partial charge in [-0.15, -0.1) is 0 Å². The van der Waals surface area contributed by atoms with Crippen LogP contribution in [0.1, 0.15) is 5.48 Å². The molecule has 6 nitrogen and oxygen atoms in total. The third kappa shape index (κ3) is 4.81. The Kier molecular flexibility index (Phi) is 6.00. The molecule has 266 valence electrons. The highest BCUT2D eigenvalue weighted by atomic mass is 16.3. The third-order valence-corrected chi connectivity index (χ3v) is 10.9. The fourth-order valence-electron chi connectivity index (χ4n) is 8.36. The van der Waals surface area contributed by atoms with Gasteiger partial charge in [0.2, 0.25) is 0 Å². The van der Waals surface area contributed by atoms with Gasteiger partial charge in [-0.1, -0.05) is 139 Å². The van der Waals surface area contributed by atoms with Gasteiger partial charge in [-0.05, 0) is 48.5 Å². The van der Waals surface area contributed by atoms with E-state index >= 15 is 0 Å². The van der Waals surface area contributed by atoms with Crippen LogP contribution in [-0.4, -0.2) is 24.1 Å². The predicted molar refractivity (Wildman–Crippen MR) is 232 cm³/mol. The number of benzene rings is 8. The van der Waals surface area contributed by atoms with E-state index < -0.39 is 0 Å². The lowest BCUT2D eigenvalue weighted by Gasteiger charge is -2.10. The van der Waals surface area contributed by atoms with Crippen LogP contribution in [-0.2, 0) is 0 Å². The van der Waals surface area contributed by atoms with Crippen molar-refractivity contribution in [3.63, 3.8) is 0 Å². The normalized spacial score (nSPS) is 12.8. The van der Waals surface area contributed by atoms with Gasteiger partial charge in [0.1, 0.15) is 5.58 Å². The number of aromatic nitrogens is 5. The van der Waals surface area contributed by atoms with Crippen molar-refractivity contribution in [3.8, 4) is 45.5 Å². The molecular formula is C51H31N5O. The minimum atomic E-state index is 0.206. The van der Waals surface area contributed by atoms with Gasteiger partial charge in [0.15, 0.2) is 23.1 Å². The zero-order valence-electron chi connectivity index (χ0n) is 34.2. The van der Waals surface area contributed by atoms with Gasteiger partial charge < -0.3 is 13.6 Å². The molecule has 0 aliphatic rings. The highest BCUT2D eigenvalue weighted by molar-refractivity contribution is 6.26. The number of hydrogen-bond acceptors (Lipinski definition) is 4. The van der Waals surface area contributed by atoms with Crippen molar-refractivity contribution in [2.75, 3.05) is 0 Å². The number of para-hydroxylation sites is 4. The van der Waals surface area contributed by atoms with E-state index in [4.69, 9.17) is 23.5 Å². The molecule has 0 N–H and O–H groups in total. The van der Waals surface area contributed by atoms with Crippen molar-refractivity contribution >= 4 is 65.6 Å². The highest BCUT2D eigenvalue weighted by Gasteiger charge is 2.23. The number of rotatable bonds is 5. The van der Waals surface area contributed by atoms with Gasteiger partial charge in [0, 0.05) is 54.7 Å². The van der Waals surface area contributed by atoms with E-state index in [9.17, 15) is 1.37 Å². The molecule has 0 fully saturated rings. The minimum Gasteiger partial charge on any atom is -0.454 e. The van der Waals surface area contributed by atoms with E-state index in [1.54, 1.807) is 12.1 Å². The first-order valence-electron chi connectivity index (χ1n) is 20.8. The summed E-state index contributed by atoms with van der Waals surface area (Å²) in [6.07, 6.45) is 0. The minimum absolute atomic E-state index is 0.206. The maximum absolute atomic E-state index is 9.37. The van der Waals surface area contributed by atoms with Crippen molar-refractivity contribution in [3.05, 3.63) is 188 Å². The maximum atomic E-state index is 9.37. The van der Waals surface area contributed by atoms with Gasteiger partial charge in [0.25, 0.3) is 0 Å². The van der Waals surface area contributed by atoms with Crippen LogP contribution in [0.15, 0.2) is 192 Å². The van der Waals surface area contributed by atoms with Gasteiger partial charge in [-0.2, -0.15) is 0 Å². The van der Waals surface area contributed by atoms with Crippen LogP contribution in [0.2, 0.25) is 0 Å². The van der Waals surface area contributed by atoms with Crippen LogP contribution in [0, 0.1) is 0 Å². The quantitative estimate of drug-likeness (QED) is 0.177. The second-order valence-corrected chi connectivity index (χ2v) is 14.1. The summed E-state index contributed by atoms with van der Waals surface area (Å²) < 4.78 is 46.8. The van der Waals surface area contributed by atoms with Crippen molar-refractivity contribution in [2.24, 2.45) is 0 Å². The molecule has 0 saturated heterocycles. The van der Waals surface area contributed by atoms with Crippen molar-refractivity contribution in [2.45, 2.75) is 0 Å². The Balaban J connectivity index is 1.12. The Hall–Kier alpha value is -7.83. The van der Waals surface area contributed by atoms with Crippen LogP contribution in [0.5, 0.6) is 0 Å². The molecule has 0 unspecified atom stereocenters. The zero-order valence-corrected chi connectivity index (χ0v) is 30.2. The lowest BCUT2D eigenvalue weighted by molar-refractivity contribution is 0.666. The fourth-order valence-corrected chi connectivity index (χ4v) is 8.36. The molecule has 12 rings (SSSR count). The van der Waals surface area contributed by atoms with Crippen LogP contribution in [0.25, 0.3) is 111 Å². The summed E-state index contributed by atoms with van der Waals surface area (Å²) in [5.41, 5.74) is 8.46. The molecule has 0 atom stereocenters. The Morgan fingerprint density at radius 3 is 1.75 bits per heavy atom. The monoisotopic (exact) mass is 733 g/mol. The summed E-state index contributed by atoms with van der Waals surface area (Å²) in [6, 6.07) is 53.7. The first-order chi connectivity index (χ1) is 29.9. The molecule has 6 heteroatoms. The smallest absolute Gasteiger partial charge is 0.164 e. The number of nitrogens with zero attached hydrogens (tertiary/aromatic N) is 5. The SMILES string of the molecule is [2H]c1cc([2H])c2c(c1)c1c(ccc3c4cc([2H])cc([2H])c4n(-c4ccccc4)c31)n2-c1cccc2c1oc1cc(-c3nc(-c4ccccc4)nc(-c4ccccc4)n3)ccc12. The first-order valence-corrected chi connectivity index (χ1v) is 18.8. The van der Waals surface area contributed by atoms with E-state index in [0.717, 1.165) is 71.4 Å². The van der Waals surface area contributed by atoms with Crippen LogP contribution >= 0.6 is 0 Å². The summed E-state index contributed by atoms with van der Waals surface area (Å²) in [5, 5.41) is 5.09. The number of fused-ring (bicyclic) bond motifs is 10. The van der Waals surface area contributed by atoms with Crippen LogP contribution in [0.4, 0.5) is 0 Å². The van der Waals surface area contributed by atoms with E-state index in [1.807, 2.05) is 152 Å². The van der Waals surface area contributed by atoms with Crippen molar-refractivity contribution < 1.29 is 9.90 Å². The zero-order chi connectivity index (χ0) is 40.9. The van der Waals surface area contributed by atoms with Crippen LogP contribution < -0.4 is 0 Å². The van der Waals surface area contributed by atoms with E-state index in [-0.39, 0.29) is 24.2 Å². The number of hydrogen-bond donors (Lipinski definition) is 0. The predicted octanol–water partition coefficient (Wildman–Crippen LogP) is 13.0. The Morgan fingerprint density at radius 1 is 0.439 bits per heavy atom. The van der Waals surface area contributed by atoms with Gasteiger partial charge in [0.05, 0.1) is 33.2 Å². The second kappa shape index (κ2) is 12.3. The first kappa shape index (κ1) is 27.7. The molecule has 0 aliphatic carbocycles. The highest BCUT2D eigenvalue weighted by Crippen LogP contribution is 2.44. The molecule has 0 amide bonds. The van der Waals surface area contributed by atoms with E-state index in [0.29, 0.717) is 39.7 Å². The lowest BCUT2D eigenvalue weighted by atomic mass is 10.1. The molecule has 0 spiro atoms. The van der Waals surface area contributed by atoms with Gasteiger partial charge >= 0.3 is 0 Å². The standard InChI is InChI=1S/C51H31N5O/c1-4-15-32(16-5-1)49-52-50(33-17-6-2-7-18-33)54-51(53-49)34-27-28-37-39-23-14-26-44(48(39)57-45(37)31-34)56-42-25-13-11-22-40(42)46-43(56)30-29-38-36-21-10-12-24-41(36)55(47(38)46)35-19-8-3-9-20-35/h1-31H/i10D,11D,24D,25D. The summed E-state index contributed by atoms with van der Waals surface area (Å²) in [4.78, 5) is 14.8. The average molecular weight is 734 g/mol. The summed E-state index contributed by atoms with van der Waals surface area (Å²) in [6.45, 7) is 0. The summed E-state index contributed by atoms with van der Waals surface area (Å²) in [7, 11) is 0. The lowest BCUT2D eigenvalue weighted by Crippen LogP contribution is -2.00. The van der Waals surface area contributed by atoms with E-state index in [1.165, 1.54) is 0 Å². The van der Waals surface area contributed by atoms with E-state index in [2.05, 4.69) is 9.13 Å². The third-order valence-electron chi connectivity index (χ3n) is 10.9. The summed E-state index contributed by atoms with van der Waals surface area (Å²) in [5.74, 6) is 1.67. The molecule has 57 heavy (non-hydrogen) atoms. The molecule has 8 aromatic carbocycles. The molecule has 12 aromatic rings. The molecular weight excluding hydrogens is 699 g/mol. The molecule has 0 saturated carbocycles. The van der Waals surface area contributed by atoms with Gasteiger partial charge in [-0.3, -0.25) is 0 Å². The van der Waals surface area contributed by atoms with Gasteiger partial charge in [-0.25, -0.2) is 15.0 Å². The molecule has 4 aromatic heterocycles. The molecule has 0 radical (unpaired) electrons. The van der Waals surface area contributed by atoms with Crippen LogP contribution in [0.3, 0.4) is 0 Å². The second-order valence-electron chi connectivity index (χ2n) is 14.1. The van der Waals surface area contributed by atoms with Crippen molar-refractivity contribution in [1.29, 1.82) is 0 Å².